The van der Waals surface area contributed by atoms with Gasteiger partial charge in [0, 0.05) is 6.04 Å². The third-order valence-corrected chi connectivity index (χ3v) is 5.15. The lowest BCUT2D eigenvalue weighted by molar-refractivity contribution is 0.00447. The number of alkyl carbamates (subject to hydrolysis) is 1. The molecule has 0 aromatic rings. The topological polar surface area (TPSA) is 38.3 Å². The van der Waals surface area contributed by atoms with Crippen molar-refractivity contribution in [2.45, 2.75) is 84.3 Å². The Kier molecular flexibility index (Phi) is 5.74. The molecule has 3 heteroatoms. The van der Waals surface area contributed by atoms with Gasteiger partial charge in [-0.2, -0.15) is 0 Å². The van der Waals surface area contributed by atoms with Crippen LogP contribution < -0.4 is 5.32 Å². The molecule has 1 amide bonds. The SMILES string of the molecule is CC(C)[C@H]1CC[C@@H](C)C[C@H]1OC(=O)NC1CCCCC1. The highest BCUT2D eigenvalue weighted by Gasteiger charge is 2.33. The van der Waals surface area contributed by atoms with Gasteiger partial charge in [-0.05, 0) is 43.4 Å². The van der Waals surface area contributed by atoms with Gasteiger partial charge < -0.3 is 10.1 Å². The standard InChI is InChI=1S/C17H31NO2/c1-12(2)15-10-9-13(3)11-16(15)20-17(19)18-14-7-5-4-6-8-14/h12-16H,4-11H2,1-3H3,(H,18,19)/t13-,15-,16-/m1/s1. The number of hydrogen-bond acceptors (Lipinski definition) is 2. The Hall–Kier alpha value is -0.730. The summed E-state index contributed by atoms with van der Waals surface area (Å²) in [5, 5.41) is 3.08. The zero-order valence-electron chi connectivity index (χ0n) is 13.4. The number of rotatable bonds is 3. The first kappa shape index (κ1) is 15.7. The molecule has 0 spiro atoms. The Morgan fingerprint density at radius 3 is 2.45 bits per heavy atom. The Balaban J connectivity index is 1.83. The number of hydrogen-bond donors (Lipinski definition) is 1. The zero-order chi connectivity index (χ0) is 14.5. The Morgan fingerprint density at radius 2 is 1.80 bits per heavy atom. The van der Waals surface area contributed by atoms with Crippen LogP contribution >= 0.6 is 0 Å². The fraction of sp³-hybridized carbons (Fsp3) is 0.941. The number of nitrogens with one attached hydrogen (secondary N) is 1. The van der Waals surface area contributed by atoms with Crippen molar-refractivity contribution < 1.29 is 9.53 Å². The van der Waals surface area contributed by atoms with E-state index in [0.717, 1.165) is 19.3 Å². The van der Waals surface area contributed by atoms with Crippen LogP contribution in [0.4, 0.5) is 4.79 Å². The first-order valence-corrected chi connectivity index (χ1v) is 8.53. The van der Waals surface area contributed by atoms with Gasteiger partial charge in [0.2, 0.25) is 0 Å². The molecule has 0 unspecified atom stereocenters. The molecule has 0 heterocycles. The lowest BCUT2D eigenvalue weighted by Crippen LogP contribution is -2.42. The summed E-state index contributed by atoms with van der Waals surface area (Å²) in [6.45, 7) is 6.76. The van der Waals surface area contributed by atoms with Crippen LogP contribution in [0.1, 0.15) is 72.1 Å². The van der Waals surface area contributed by atoms with E-state index >= 15 is 0 Å². The molecule has 2 rings (SSSR count). The van der Waals surface area contributed by atoms with E-state index in [0.29, 0.717) is 23.8 Å². The van der Waals surface area contributed by atoms with Crippen LogP contribution in [-0.2, 0) is 4.74 Å². The fourth-order valence-corrected chi connectivity index (χ4v) is 3.84. The summed E-state index contributed by atoms with van der Waals surface area (Å²) < 4.78 is 5.79. The van der Waals surface area contributed by atoms with E-state index in [-0.39, 0.29) is 12.2 Å². The van der Waals surface area contributed by atoms with Crippen LogP contribution in [0.2, 0.25) is 0 Å². The van der Waals surface area contributed by atoms with Crippen LogP contribution in [0.25, 0.3) is 0 Å². The van der Waals surface area contributed by atoms with Gasteiger partial charge in [0.1, 0.15) is 6.10 Å². The van der Waals surface area contributed by atoms with Crippen molar-refractivity contribution in [3.63, 3.8) is 0 Å². The summed E-state index contributed by atoms with van der Waals surface area (Å²) in [6, 6.07) is 0.342. The van der Waals surface area contributed by atoms with E-state index in [1.54, 1.807) is 0 Å². The van der Waals surface area contributed by atoms with Gasteiger partial charge in [0.25, 0.3) is 0 Å². The van der Waals surface area contributed by atoms with Gasteiger partial charge in [-0.1, -0.05) is 46.5 Å². The second-order valence-corrected chi connectivity index (χ2v) is 7.25. The molecule has 3 nitrogen and oxygen atoms in total. The Labute approximate surface area is 123 Å². The van der Waals surface area contributed by atoms with Crippen molar-refractivity contribution >= 4 is 6.09 Å². The van der Waals surface area contributed by atoms with E-state index in [1.807, 2.05) is 0 Å². The lowest BCUT2D eigenvalue weighted by atomic mass is 9.75. The summed E-state index contributed by atoms with van der Waals surface area (Å²) in [5.74, 6) is 1.80. The van der Waals surface area contributed by atoms with Crippen molar-refractivity contribution in [2.75, 3.05) is 0 Å². The smallest absolute Gasteiger partial charge is 0.407 e. The van der Waals surface area contributed by atoms with Crippen molar-refractivity contribution in [1.82, 2.24) is 5.32 Å². The molecule has 20 heavy (non-hydrogen) atoms. The molecule has 0 aromatic carbocycles. The molecule has 0 aromatic heterocycles. The maximum atomic E-state index is 12.1. The Morgan fingerprint density at radius 1 is 1.10 bits per heavy atom. The second-order valence-electron chi connectivity index (χ2n) is 7.25. The minimum Gasteiger partial charge on any atom is -0.446 e. The van der Waals surface area contributed by atoms with Gasteiger partial charge in [-0.15, -0.1) is 0 Å². The first-order valence-electron chi connectivity index (χ1n) is 8.53. The summed E-state index contributed by atoms with van der Waals surface area (Å²) in [6.07, 6.45) is 9.44. The first-order chi connectivity index (χ1) is 9.56. The minimum atomic E-state index is -0.179. The van der Waals surface area contributed by atoms with Gasteiger partial charge in [0.15, 0.2) is 0 Å². The third kappa shape index (κ3) is 4.39. The molecule has 1 N–H and O–H groups in total. The maximum Gasteiger partial charge on any atom is 0.407 e. The number of amides is 1. The van der Waals surface area contributed by atoms with Gasteiger partial charge >= 0.3 is 6.09 Å². The average molecular weight is 281 g/mol. The average Bonchev–Trinajstić information content (AvgIpc) is 2.39. The predicted octanol–water partition coefficient (Wildman–Crippen LogP) is 4.51. The van der Waals surface area contributed by atoms with Gasteiger partial charge in [-0.25, -0.2) is 4.79 Å². The van der Waals surface area contributed by atoms with E-state index in [2.05, 4.69) is 26.1 Å². The quantitative estimate of drug-likeness (QED) is 0.826. The van der Waals surface area contributed by atoms with Crippen molar-refractivity contribution in [3.8, 4) is 0 Å². The highest BCUT2D eigenvalue weighted by molar-refractivity contribution is 5.67. The molecule has 2 saturated carbocycles. The second kappa shape index (κ2) is 7.33. The van der Waals surface area contributed by atoms with E-state index in [4.69, 9.17) is 4.74 Å². The molecular formula is C17H31NO2. The van der Waals surface area contributed by atoms with Crippen LogP contribution in [0.15, 0.2) is 0 Å². The molecule has 0 radical (unpaired) electrons. The van der Waals surface area contributed by atoms with Gasteiger partial charge in [0.05, 0.1) is 0 Å². The summed E-state index contributed by atoms with van der Waals surface area (Å²) in [5.41, 5.74) is 0. The summed E-state index contributed by atoms with van der Waals surface area (Å²) in [4.78, 5) is 12.1. The normalized spacial score (nSPS) is 32.1. The van der Waals surface area contributed by atoms with Gasteiger partial charge in [-0.3, -0.25) is 0 Å². The summed E-state index contributed by atoms with van der Waals surface area (Å²) >= 11 is 0. The molecule has 0 aliphatic heterocycles. The van der Waals surface area contributed by atoms with E-state index < -0.39 is 0 Å². The zero-order valence-corrected chi connectivity index (χ0v) is 13.4. The minimum absolute atomic E-state index is 0.113. The van der Waals surface area contributed by atoms with Crippen molar-refractivity contribution in [1.29, 1.82) is 0 Å². The van der Waals surface area contributed by atoms with Crippen LogP contribution in [0.3, 0.4) is 0 Å². The molecule has 2 aliphatic rings. The number of carbonyl (C=O) groups is 1. The van der Waals surface area contributed by atoms with Crippen LogP contribution in [0.5, 0.6) is 0 Å². The molecular weight excluding hydrogens is 250 g/mol. The summed E-state index contributed by atoms with van der Waals surface area (Å²) in [7, 11) is 0. The van der Waals surface area contributed by atoms with Crippen molar-refractivity contribution in [2.24, 2.45) is 17.8 Å². The Bertz CT molecular complexity index is 310. The van der Waals surface area contributed by atoms with Crippen LogP contribution in [-0.4, -0.2) is 18.2 Å². The van der Waals surface area contributed by atoms with Crippen LogP contribution in [0, 0.1) is 17.8 Å². The predicted molar refractivity (Wildman–Crippen MR) is 81.6 cm³/mol. The van der Waals surface area contributed by atoms with E-state index in [9.17, 15) is 4.79 Å². The molecule has 2 aliphatic carbocycles. The highest BCUT2D eigenvalue weighted by atomic mass is 16.6. The van der Waals surface area contributed by atoms with E-state index in [1.165, 1.54) is 32.1 Å². The monoisotopic (exact) mass is 281 g/mol. The molecule has 2 fully saturated rings. The molecule has 3 atom stereocenters. The highest BCUT2D eigenvalue weighted by Crippen LogP contribution is 2.35. The molecule has 116 valence electrons. The third-order valence-electron chi connectivity index (χ3n) is 5.15. The van der Waals surface area contributed by atoms with Crippen molar-refractivity contribution in [3.05, 3.63) is 0 Å². The number of ether oxygens (including phenoxy) is 1. The molecule has 0 bridgehead atoms. The largest absolute Gasteiger partial charge is 0.446 e. The molecule has 0 saturated heterocycles. The number of carbonyl (C=O) groups excluding carboxylic acids is 1. The maximum absolute atomic E-state index is 12.1. The fourth-order valence-electron chi connectivity index (χ4n) is 3.84. The lowest BCUT2D eigenvalue weighted by Gasteiger charge is -2.37.